The van der Waals surface area contributed by atoms with E-state index in [2.05, 4.69) is 22.2 Å². The van der Waals surface area contributed by atoms with Gasteiger partial charge in [-0.3, -0.25) is 0 Å². The van der Waals surface area contributed by atoms with E-state index in [1.165, 1.54) is 0 Å². The molecule has 5 heteroatoms. The van der Waals surface area contributed by atoms with Crippen molar-refractivity contribution in [1.82, 2.24) is 9.97 Å². The molecular weight excluding hydrogens is 218 g/mol. The molecule has 0 aromatic carbocycles. The molecule has 0 amide bonds. The lowest BCUT2D eigenvalue weighted by molar-refractivity contribution is 0.164. The fourth-order valence-corrected chi connectivity index (χ4v) is 1.47. The molecule has 0 spiro atoms. The maximum atomic E-state index is 5.37. The summed E-state index contributed by atoms with van der Waals surface area (Å²) in [5, 5.41) is 3.26. The number of aromatic nitrogens is 2. The van der Waals surface area contributed by atoms with Crippen LogP contribution in [0.25, 0.3) is 0 Å². The summed E-state index contributed by atoms with van der Waals surface area (Å²) < 4.78 is 10.4. The Morgan fingerprint density at radius 3 is 2.82 bits per heavy atom. The Morgan fingerprint density at radius 1 is 1.41 bits per heavy atom. The lowest BCUT2D eigenvalue weighted by Gasteiger charge is -2.13. The minimum Gasteiger partial charge on any atom is -0.478 e. The monoisotopic (exact) mass is 239 g/mol. The van der Waals surface area contributed by atoms with Crippen molar-refractivity contribution in [3.63, 3.8) is 0 Å². The van der Waals surface area contributed by atoms with Gasteiger partial charge in [0.05, 0.1) is 13.2 Å². The quantitative estimate of drug-likeness (QED) is 0.787. The lowest BCUT2D eigenvalue weighted by Crippen LogP contribution is -2.16. The summed E-state index contributed by atoms with van der Waals surface area (Å²) in [6.45, 7) is 8.06. The van der Waals surface area contributed by atoms with Gasteiger partial charge >= 0.3 is 0 Å². The molecule has 0 aliphatic rings. The van der Waals surface area contributed by atoms with Crippen LogP contribution in [0.2, 0.25) is 0 Å². The van der Waals surface area contributed by atoms with Crippen LogP contribution in [-0.4, -0.2) is 36.8 Å². The molecule has 1 unspecified atom stereocenters. The molecular formula is C12H21N3O2. The first-order chi connectivity index (χ1) is 8.15. The predicted octanol–water partition coefficient (Wildman–Crippen LogP) is 1.88. The first-order valence-corrected chi connectivity index (χ1v) is 5.87. The zero-order valence-corrected chi connectivity index (χ0v) is 11.0. The topological polar surface area (TPSA) is 56.3 Å². The molecule has 1 heterocycles. The van der Waals surface area contributed by atoms with Gasteiger partial charge in [-0.1, -0.05) is 6.92 Å². The van der Waals surface area contributed by atoms with Crippen molar-refractivity contribution in [3.8, 4) is 5.88 Å². The third kappa shape index (κ3) is 4.99. The number of nitrogens with zero attached hydrogens (tertiary/aromatic N) is 2. The summed E-state index contributed by atoms with van der Waals surface area (Å²) in [7, 11) is 1.71. The highest BCUT2D eigenvalue weighted by molar-refractivity contribution is 5.38. The SMILES string of the molecule is CCOc1cc(NCC(C)COC)nc(C)n1. The molecule has 0 radical (unpaired) electrons. The Bertz CT molecular complexity index is 345. The molecule has 1 aromatic heterocycles. The van der Waals surface area contributed by atoms with Crippen LogP contribution in [0, 0.1) is 12.8 Å². The van der Waals surface area contributed by atoms with Crippen LogP contribution in [0.15, 0.2) is 6.07 Å². The Balaban J connectivity index is 2.57. The van der Waals surface area contributed by atoms with Crippen molar-refractivity contribution in [2.75, 3.05) is 32.2 Å². The first kappa shape index (κ1) is 13.7. The average Bonchev–Trinajstić information content (AvgIpc) is 2.26. The number of aryl methyl sites for hydroxylation is 1. The zero-order valence-electron chi connectivity index (χ0n) is 11.0. The van der Waals surface area contributed by atoms with E-state index in [1.54, 1.807) is 7.11 Å². The number of rotatable bonds is 7. The van der Waals surface area contributed by atoms with Crippen LogP contribution < -0.4 is 10.1 Å². The van der Waals surface area contributed by atoms with Gasteiger partial charge in [-0.05, 0) is 19.8 Å². The average molecular weight is 239 g/mol. The van der Waals surface area contributed by atoms with Crippen molar-refractivity contribution >= 4 is 5.82 Å². The Morgan fingerprint density at radius 2 is 2.18 bits per heavy atom. The Hall–Kier alpha value is -1.36. The molecule has 0 saturated carbocycles. The molecule has 0 aliphatic heterocycles. The third-order valence-corrected chi connectivity index (χ3v) is 2.19. The largest absolute Gasteiger partial charge is 0.478 e. The van der Waals surface area contributed by atoms with Crippen molar-refractivity contribution < 1.29 is 9.47 Å². The summed E-state index contributed by atoms with van der Waals surface area (Å²) in [4.78, 5) is 8.49. The summed E-state index contributed by atoms with van der Waals surface area (Å²) in [5.74, 6) is 2.55. The number of hydrogen-bond donors (Lipinski definition) is 1. The molecule has 1 N–H and O–H groups in total. The van der Waals surface area contributed by atoms with Gasteiger partial charge in [0.1, 0.15) is 11.6 Å². The molecule has 0 saturated heterocycles. The Kier molecular flexibility index (Phi) is 5.69. The van der Waals surface area contributed by atoms with Gasteiger partial charge in [0.2, 0.25) is 5.88 Å². The van der Waals surface area contributed by atoms with Gasteiger partial charge < -0.3 is 14.8 Å². The standard InChI is InChI=1S/C12H21N3O2/c1-5-17-12-6-11(14-10(3)15-12)13-7-9(2)8-16-4/h6,9H,5,7-8H2,1-4H3,(H,13,14,15). The number of ether oxygens (including phenoxy) is 2. The van der Waals surface area contributed by atoms with Crippen LogP contribution in [-0.2, 0) is 4.74 Å². The van der Waals surface area contributed by atoms with E-state index in [9.17, 15) is 0 Å². The number of hydrogen-bond acceptors (Lipinski definition) is 5. The van der Waals surface area contributed by atoms with Crippen LogP contribution in [0.3, 0.4) is 0 Å². The third-order valence-electron chi connectivity index (χ3n) is 2.19. The molecule has 96 valence electrons. The van der Waals surface area contributed by atoms with Gasteiger partial charge in [-0.15, -0.1) is 0 Å². The smallest absolute Gasteiger partial charge is 0.218 e. The van der Waals surface area contributed by atoms with Crippen molar-refractivity contribution in [1.29, 1.82) is 0 Å². The summed E-state index contributed by atoms with van der Waals surface area (Å²) in [6, 6.07) is 1.82. The van der Waals surface area contributed by atoms with E-state index in [0.717, 1.165) is 19.0 Å². The summed E-state index contributed by atoms with van der Waals surface area (Å²) in [6.07, 6.45) is 0. The van der Waals surface area contributed by atoms with Crippen LogP contribution in [0.5, 0.6) is 5.88 Å². The highest BCUT2D eigenvalue weighted by Crippen LogP contribution is 2.13. The highest BCUT2D eigenvalue weighted by atomic mass is 16.5. The minimum atomic E-state index is 0.436. The molecule has 17 heavy (non-hydrogen) atoms. The fraction of sp³-hybridized carbons (Fsp3) is 0.667. The molecule has 0 bridgehead atoms. The van der Waals surface area contributed by atoms with E-state index >= 15 is 0 Å². The van der Waals surface area contributed by atoms with Crippen molar-refractivity contribution in [2.45, 2.75) is 20.8 Å². The van der Waals surface area contributed by atoms with Gasteiger partial charge in [0, 0.05) is 19.7 Å². The maximum absolute atomic E-state index is 5.37. The minimum absolute atomic E-state index is 0.436. The highest BCUT2D eigenvalue weighted by Gasteiger charge is 2.05. The zero-order chi connectivity index (χ0) is 12.7. The van der Waals surface area contributed by atoms with E-state index in [0.29, 0.717) is 24.2 Å². The van der Waals surface area contributed by atoms with Gasteiger partial charge in [0.25, 0.3) is 0 Å². The second-order valence-electron chi connectivity index (χ2n) is 4.01. The Labute approximate surface area is 103 Å². The first-order valence-electron chi connectivity index (χ1n) is 5.87. The van der Waals surface area contributed by atoms with Crippen LogP contribution in [0.4, 0.5) is 5.82 Å². The van der Waals surface area contributed by atoms with Gasteiger partial charge in [-0.25, -0.2) is 4.98 Å². The molecule has 1 aromatic rings. The molecule has 0 aliphatic carbocycles. The van der Waals surface area contributed by atoms with E-state index in [1.807, 2.05) is 19.9 Å². The van der Waals surface area contributed by atoms with E-state index in [4.69, 9.17) is 9.47 Å². The summed E-state index contributed by atoms with van der Waals surface area (Å²) in [5.41, 5.74) is 0. The van der Waals surface area contributed by atoms with Crippen LogP contribution >= 0.6 is 0 Å². The van der Waals surface area contributed by atoms with Crippen LogP contribution in [0.1, 0.15) is 19.7 Å². The maximum Gasteiger partial charge on any atom is 0.218 e. The van der Waals surface area contributed by atoms with Crippen molar-refractivity contribution in [3.05, 3.63) is 11.9 Å². The molecule has 1 atom stereocenters. The number of methoxy groups -OCH3 is 1. The second-order valence-corrected chi connectivity index (χ2v) is 4.01. The van der Waals surface area contributed by atoms with E-state index < -0.39 is 0 Å². The number of anilines is 1. The second kappa shape index (κ2) is 7.06. The fourth-order valence-electron chi connectivity index (χ4n) is 1.47. The van der Waals surface area contributed by atoms with Gasteiger partial charge in [0.15, 0.2) is 0 Å². The molecule has 5 nitrogen and oxygen atoms in total. The van der Waals surface area contributed by atoms with Crippen molar-refractivity contribution in [2.24, 2.45) is 5.92 Å². The number of nitrogens with one attached hydrogen (secondary N) is 1. The van der Waals surface area contributed by atoms with Gasteiger partial charge in [-0.2, -0.15) is 4.98 Å². The lowest BCUT2D eigenvalue weighted by atomic mass is 10.2. The molecule has 0 fully saturated rings. The summed E-state index contributed by atoms with van der Waals surface area (Å²) >= 11 is 0. The molecule has 1 rings (SSSR count). The van der Waals surface area contributed by atoms with E-state index in [-0.39, 0.29) is 0 Å². The predicted molar refractivity (Wildman–Crippen MR) is 67.5 cm³/mol. The normalized spacial score (nSPS) is 12.2.